The number of imidazole rings is 1. The highest BCUT2D eigenvalue weighted by atomic mass is 32.2. The SMILES string of the molecule is CNC(=O)[C@H](C)Sc1ncc(-c2ccccc2)n1C1CC1. The Labute approximate surface area is 129 Å². The first-order valence-corrected chi connectivity index (χ1v) is 8.09. The average Bonchev–Trinajstić information content (AvgIpc) is 3.28. The molecule has 3 rings (SSSR count). The Kier molecular flexibility index (Phi) is 4.01. The molecule has 1 aliphatic carbocycles. The van der Waals surface area contributed by atoms with Crippen molar-refractivity contribution in [2.24, 2.45) is 0 Å². The molecule has 0 unspecified atom stereocenters. The quantitative estimate of drug-likeness (QED) is 0.863. The van der Waals surface area contributed by atoms with Gasteiger partial charge in [0.1, 0.15) is 0 Å². The third kappa shape index (κ3) is 2.97. The fourth-order valence-electron chi connectivity index (χ4n) is 2.35. The fourth-order valence-corrected chi connectivity index (χ4v) is 3.37. The van der Waals surface area contributed by atoms with Gasteiger partial charge >= 0.3 is 0 Å². The van der Waals surface area contributed by atoms with Crippen molar-refractivity contribution in [1.82, 2.24) is 14.9 Å². The number of nitrogens with one attached hydrogen (secondary N) is 1. The third-order valence-electron chi connectivity index (χ3n) is 3.64. The molecule has 0 aliphatic heterocycles. The van der Waals surface area contributed by atoms with Crippen LogP contribution in [0.2, 0.25) is 0 Å². The predicted octanol–water partition coefficient (Wildman–Crippen LogP) is 3.11. The van der Waals surface area contributed by atoms with Gasteiger partial charge in [0.25, 0.3) is 0 Å². The van der Waals surface area contributed by atoms with E-state index >= 15 is 0 Å². The summed E-state index contributed by atoms with van der Waals surface area (Å²) in [6, 6.07) is 10.8. The molecule has 1 aromatic heterocycles. The normalized spacial score (nSPS) is 15.7. The topological polar surface area (TPSA) is 46.9 Å². The Morgan fingerprint density at radius 2 is 2.10 bits per heavy atom. The van der Waals surface area contributed by atoms with Crippen molar-refractivity contribution in [2.75, 3.05) is 7.05 Å². The molecule has 1 N–H and O–H groups in total. The number of hydrogen-bond donors (Lipinski definition) is 1. The molecule has 1 fully saturated rings. The first kappa shape index (κ1) is 14.2. The second kappa shape index (κ2) is 5.93. The van der Waals surface area contributed by atoms with E-state index in [0.717, 1.165) is 10.9 Å². The van der Waals surface area contributed by atoms with Gasteiger partial charge in [-0.15, -0.1) is 0 Å². The molecule has 4 nitrogen and oxygen atoms in total. The van der Waals surface area contributed by atoms with E-state index in [1.807, 2.05) is 31.3 Å². The highest BCUT2D eigenvalue weighted by Gasteiger charge is 2.30. The second-order valence-corrected chi connectivity index (χ2v) is 6.58. The largest absolute Gasteiger partial charge is 0.358 e. The number of thioether (sulfide) groups is 1. The second-order valence-electron chi connectivity index (χ2n) is 5.27. The molecule has 1 aliphatic rings. The zero-order valence-electron chi connectivity index (χ0n) is 12.2. The van der Waals surface area contributed by atoms with Gasteiger partial charge in [-0.2, -0.15) is 0 Å². The molecule has 1 aromatic carbocycles. The molecule has 1 heterocycles. The van der Waals surface area contributed by atoms with Crippen molar-refractivity contribution in [2.45, 2.75) is 36.2 Å². The van der Waals surface area contributed by atoms with Crippen LogP contribution in [0, 0.1) is 0 Å². The minimum Gasteiger partial charge on any atom is -0.358 e. The molecule has 110 valence electrons. The molecule has 0 spiro atoms. The van der Waals surface area contributed by atoms with Gasteiger partial charge in [-0.3, -0.25) is 4.79 Å². The predicted molar refractivity (Wildman–Crippen MR) is 85.3 cm³/mol. The Bertz CT molecular complexity index is 634. The van der Waals surface area contributed by atoms with Gasteiger partial charge in [0.05, 0.1) is 17.1 Å². The molecule has 0 saturated heterocycles. The lowest BCUT2D eigenvalue weighted by atomic mass is 10.2. The lowest BCUT2D eigenvalue weighted by Crippen LogP contribution is -2.27. The summed E-state index contributed by atoms with van der Waals surface area (Å²) in [5, 5.41) is 3.49. The van der Waals surface area contributed by atoms with E-state index < -0.39 is 0 Å². The van der Waals surface area contributed by atoms with Crippen molar-refractivity contribution in [3.05, 3.63) is 36.5 Å². The Morgan fingerprint density at radius 1 is 1.38 bits per heavy atom. The van der Waals surface area contributed by atoms with Gasteiger partial charge in [0, 0.05) is 13.1 Å². The monoisotopic (exact) mass is 301 g/mol. The van der Waals surface area contributed by atoms with Crippen molar-refractivity contribution >= 4 is 17.7 Å². The summed E-state index contributed by atoms with van der Waals surface area (Å²) in [6.07, 6.45) is 4.31. The zero-order valence-corrected chi connectivity index (χ0v) is 13.1. The van der Waals surface area contributed by atoms with Crippen LogP contribution in [0.4, 0.5) is 0 Å². The van der Waals surface area contributed by atoms with Crippen LogP contribution in [-0.4, -0.2) is 27.8 Å². The van der Waals surface area contributed by atoms with Gasteiger partial charge < -0.3 is 9.88 Å². The molecule has 1 atom stereocenters. The summed E-state index contributed by atoms with van der Waals surface area (Å²) in [4.78, 5) is 16.3. The standard InChI is InChI=1S/C16H19N3OS/c1-11(15(20)17-2)21-16-18-10-14(19(16)13-8-9-13)12-6-4-3-5-7-12/h3-7,10-11,13H,8-9H2,1-2H3,(H,17,20)/t11-/m0/s1. The van der Waals surface area contributed by atoms with Crippen LogP contribution in [0.15, 0.2) is 41.7 Å². The molecule has 0 radical (unpaired) electrons. The molecule has 1 amide bonds. The first-order chi connectivity index (χ1) is 10.2. The van der Waals surface area contributed by atoms with Crippen LogP contribution in [-0.2, 0) is 4.79 Å². The van der Waals surface area contributed by atoms with Crippen molar-refractivity contribution in [1.29, 1.82) is 0 Å². The lowest BCUT2D eigenvalue weighted by molar-refractivity contribution is -0.119. The fraction of sp³-hybridized carbons (Fsp3) is 0.375. The highest BCUT2D eigenvalue weighted by Crippen LogP contribution is 2.42. The molecular weight excluding hydrogens is 282 g/mol. The summed E-state index contributed by atoms with van der Waals surface area (Å²) >= 11 is 1.53. The average molecular weight is 301 g/mol. The number of nitrogens with zero attached hydrogens (tertiary/aromatic N) is 2. The van der Waals surface area contributed by atoms with Crippen LogP contribution in [0.1, 0.15) is 25.8 Å². The maximum Gasteiger partial charge on any atom is 0.233 e. The molecular formula is C16H19N3OS. The van der Waals surface area contributed by atoms with E-state index in [1.165, 1.54) is 30.2 Å². The van der Waals surface area contributed by atoms with Gasteiger partial charge in [-0.05, 0) is 25.3 Å². The zero-order chi connectivity index (χ0) is 14.8. The number of carbonyl (C=O) groups excluding carboxylic acids is 1. The number of aromatic nitrogens is 2. The van der Waals surface area contributed by atoms with E-state index in [2.05, 4.69) is 27.0 Å². The minimum atomic E-state index is -0.140. The Balaban J connectivity index is 1.92. The summed E-state index contributed by atoms with van der Waals surface area (Å²) in [7, 11) is 1.67. The molecule has 2 aromatic rings. The first-order valence-electron chi connectivity index (χ1n) is 7.21. The molecule has 5 heteroatoms. The highest BCUT2D eigenvalue weighted by molar-refractivity contribution is 8.00. The van der Waals surface area contributed by atoms with Gasteiger partial charge in [-0.1, -0.05) is 42.1 Å². The van der Waals surface area contributed by atoms with Gasteiger partial charge in [0.2, 0.25) is 5.91 Å². The van der Waals surface area contributed by atoms with E-state index in [4.69, 9.17) is 0 Å². The minimum absolute atomic E-state index is 0.0339. The number of rotatable bonds is 5. The summed E-state index contributed by atoms with van der Waals surface area (Å²) in [5.41, 5.74) is 2.32. The lowest BCUT2D eigenvalue weighted by Gasteiger charge is -2.13. The smallest absolute Gasteiger partial charge is 0.233 e. The van der Waals surface area contributed by atoms with E-state index in [1.54, 1.807) is 7.05 Å². The summed E-state index contributed by atoms with van der Waals surface area (Å²) in [5.74, 6) is 0.0339. The van der Waals surface area contributed by atoms with Crippen LogP contribution in [0.3, 0.4) is 0 Å². The number of amides is 1. The Morgan fingerprint density at radius 3 is 2.71 bits per heavy atom. The third-order valence-corrected chi connectivity index (χ3v) is 4.72. The number of hydrogen-bond acceptors (Lipinski definition) is 3. The van der Waals surface area contributed by atoms with Gasteiger partial charge in [-0.25, -0.2) is 4.98 Å². The number of carbonyl (C=O) groups is 1. The van der Waals surface area contributed by atoms with Crippen LogP contribution in [0.5, 0.6) is 0 Å². The van der Waals surface area contributed by atoms with E-state index in [0.29, 0.717) is 6.04 Å². The van der Waals surface area contributed by atoms with E-state index in [9.17, 15) is 4.79 Å². The van der Waals surface area contributed by atoms with Crippen LogP contribution < -0.4 is 5.32 Å². The Hall–Kier alpha value is -1.75. The van der Waals surface area contributed by atoms with Crippen LogP contribution in [0.25, 0.3) is 11.3 Å². The van der Waals surface area contributed by atoms with Crippen molar-refractivity contribution < 1.29 is 4.79 Å². The maximum atomic E-state index is 11.7. The maximum absolute atomic E-state index is 11.7. The molecule has 0 bridgehead atoms. The molecule has 21 heavy (non-hydrogen) atoms. The van der Waals surface area contributed by atoms with Crippen molar-refractivity contribution in [3.8, 4) is 11.3 Å². The van der Waals surface area contributed by atoms with Crippen molar-refractivity contribution in [3.63, 3.8) is 0 Å². The van der Waals surface area contributed by atoms with Gasteiger partial charge in [0.15, 0.2) is 5.16 Å². The summed E-state index contributed by atoms with van der Waals surface area (Å²) < 4.78 is 2.29. The summed E-state index contributed by atoms with van der Waals surface area (Å²) in [6.45, 7) is 1.91. The molecule has 1 saturated carbocycles. The van der Waals surface area contributed by atoms with E-state index in [-0.39, 0.29) is 11.2 Å². The van der Waals surface area contributed by atoms with Crippen LogP contribution >= 0.6 is 11.8 Å². The number of benzene rings is 1.